The molecular weight excluding hydrogens is 416 g/mol. The summed E-state index contributed by atoms with van der Waals surface area (Å²) in [5.41, 5.74) is 1.11. The molecule has 0 spiro atoms. The van der Waals surface area contributed by atoms with E-state index < -0.39 is 0 Å². The molecular formula is C28H40O5. The van der Waals surface area contributed by atoms with Crippen LogP contribution < -0.4 is 9.47 Å². The first kappa shape index (κ1) is 25.1. The summed E-state index contributed by atoms with van der Waals surface area (Å²) in [6.45, 7) is 5.59. The van der Waals surface area contributed by atoms with Gasteiger partial charge in [0.15, 0.2) is 23.0 Å². The van der Waals surface area contributed by atoms with E-state index in [2.05, 4.69) is 13.8 Å². The third-order valence-electron chi connectivity index (χ3n) is 6.14. The van der Waals surface area contributed by atoms with Gasteiger partial charge in [0.2, 0.25) is 0 Å². The lowest BCUT2D eigenvalue weighted by molar-refractivity contribution is 0.289. The number of hydrogen-bond acceptors (Lipinski definition) is 5. The maximum atomic E-state index is 10.4. The van der Waals surface area contributed by atoms with E-state index in [1.54, 1.807) is 12.1 Å². The number of benzene rings is 2. The van der Waals surface area contributed by atoms with Crippen molar-refractivity contribution in [3.05, 3.63) is 24.3 Å². The minimum Gasteiger partial charge on any atom is -0.504 e. The van der Waals surface area contributed by atoms with Crippen molar-refractivity contribution in [1.29, 1.82) is 0 Å². The predicted molar refractivity (Wildman–Crippen MR) is 135 cm³/mol. The molecule has 1 heterocycles. The predicted octanol–water partition coefficient (Wildman–Crippen LogP) is 8.48. The van der Waals surface area contributed by atoms with Gasteiger partial charge in [0.25, 0.3) is 0 Å². The summed E-state index contributed by atoms with van der Waals surface area (Å²) in [5, 5.41) is 22.4. The smallest absolute Gasteiger partial charge is 0.161 e. The van der Waals surface area contributed by atoms with Crippen molar-refractivity contribution in [1.82, 2.24) is 0 Å². The molecule has 0 unspecified atom stereocenters. The molecule has 0 aliphatic rings. The molecule has 0 fully saturated rings. The summed E-state index contributed by atoms with van der Waals surface area (Å²) in [7, 11) is 0. The molecule has 3 aromatic rings. The second-order valence-corrected chi connectivity index (χ2v) is 8.97. The molecule has 0 aliphatic carbocycles. The Bertz CT molecular complexity index is 913. The molecule has 0 atom stereocenters. The van der Waals surface area contributed by atoms with Crippen LogP contribution in [0, 0.1) is 0 Å². The highest BCUT2D eigenvalue weighted by Gasteiger charge is 2.15. The molecule has 0 saturated heterocycles. The van der Waals surface area contributed by atoms with Crippen molar-refractivity contribution < 1.29 is 24.1 Å². The van der Waals surface area contributed by atoms with E-state index in [1.165, 1.54) is 51.4 Å². The first-order valence-electron chi connectivity index (χ1n) is 12.8. The zero-order valence-electron chi connectivity index (χ0n) is 20.3. The zero-order chi connectivity index (χ0) is 23.5. The van der Waals surface area contributed by atoms with Gasteiger partial charge in [-0.25, -0.2) is 0 Å². The molecule has 3 rings (SSSR count). The molecule has 5 nitrogen and oxygen atoms in total. The van der Waals surface area contributed by atoms with Crippen LogP contribution in [-0.2, 0) is 0 Å². The Kier molecular flexibility index (Phi) is 10.0. The number of phenolic OH excluding ortho intramolecular Hbond substituents is 2. The highest BCUT2D eigenvalue weighted by atomic mass is 16.5. The number of ether oxygens (including phenoxy) is 2. The lowest BCUT2D eigenvalue weighted by Gasteiger charge is -2.09. The Morgan fingerprint density at radius 2 is 0.970 bits per heavy atom. The number of aromatic hydroxyl groups is 2. The highest BCUT2D eigenvalue weighted by Crippen LogP contribution is 2.41. The van der Waals surface area contributed by atoms with Crippen LogP contribution in [0.5, 0.6) is 23.0 Å². The second-order valence-electron chi connectivity index (χ2n) is 8.97. The van der Waals surface area contributed by atoms with E-state index in [-0.39, 0.29) is 11.5 Å². The van der Waals surface area contributed by atoms with E-state index >= 15 is 0 Å². The quantitative estimate of drug-likeness (QED) is 0.211. The minimum atomic E-state index is 0.0660. The van der Waals surface area contributed by atoms with Gasteiger partial charge >= 0.3 is 0 Å². The number of phenols is 2. The van der Waals surface area contributed by atoms with E-state index in [1.807, 2.05) is 12.1 Å². The number of hydrogen-bond donors (Lipinski definition) is 2. The molecule has 33 heavy (non-hydrogen) atoms. The first-order chi connectivity index (χ1) is 16.1. The van der Waals surface area contributed by atoms with Crippen LogP contribution in [0.25, 0.3) is 21.9 Å². The van der Waals surface area contributed by atoms with Gasteiger partial charge < -0.3 is 24.1 Å². The van der Waals surface area contributed by atoms with E-state index in [9.17, 15) is 10.2 Å². The van der Waals surface area contributed by atoms with Gasteiger partial charge in [-0.1, -0.05) is 78.1 Å². The van der Waals surface area contributed by atoms with Gasteiger partial charge in [-0.2, -0.15) is 0 Å². The largest absolute Gasteiger partial charge is 0.504 e. The van der Waals surface area contributed by atoms with Crippen molar-refractivity contribution in [2.45, 2.75) is 90.9 Å². The maximum Gasteiger partial charge on any atom is 0.161 e. The summed E-state index contributed by atoms with van der Waals surface area (Å²) < 4.78 is 17.6. The van der Waals surface area contributed by atoms with Crippen LogP contribution in [0.2, 0.25) is 0 Å². The number of fused-ring (bicyclic) bond motifs is 3. The first-order valence-corrected chi connectivity index (χ1v) is 12.8. The molecule has 0 amide bonds. The van der Waals surface area contributed by atoms with Gasteiger partial charge in [0, 0.05) is 22.9 Å². The number of furan rings is 1. The van der Waals surface area contributed by atoms with Gasteiger partial charge in [0.1, 0.15) is 11.2 Å². The van der Waals surface area contributed by atoms with Crippen LogP contribution in [0.3, 0.4) is 0 Å². The molecule has 182 valence electrons. The lowest BCUT2D eigenvalue weighted by Crippen LogP contribution is -1.98. The Labute approximate surface area is 197 Å². The topological polar surface area (TPSA) is 72.1 Å². The summed E-state index contributed by atoms with van der Waals surface area (Å²) in [4.78, 5) is 0. The Morgan fingerprint density at radius 3 is 1.39 bits per heavy atom. The standard InChI is InChI=1S/C28H40O5/c1-3-5-7-9-11-13-15-31-27-17-21-22-18-28(32-16-14-12-10-8-6-4-2)24(30)20-26(22)33-25(21)19-23(27)29/h17-20,29-30H,3-16H2,1-2H3. The van der Waals surface area contributed by atoms with Gasteiger partial charge in [0.05, 0.1) is 13.2 Å². The Morgan fingerprint density at radius 1 is 0.576 bits per heavy atom. The lowest BCUT2D eigenvalue weighted by atomic mass is 10.1. The molecule has 0 saturated carbocycles. The molecule has 0 radical (unpaired) electrons. The molecule has 1 aromatic heterocycles. The Balaban J connectivity index is 1.63. The van der Waals surface area contributed by atoms with Crippen LogP contribution in [0.4, 0.5) is 0 Å². The second kappa shape index (κ2) is 13.2. The minimum absolute atomic E-state index is 0.0660. The molecule has 0 aliphatic heterocycles. The number of unbranched alkanes of at least 4 members (excludes halogenated alkanes) is 10. The fourth-order valence-electron chi connectivity index (χ4n) is 4.17. The van der Waals surface area contributed by atoms with E-state index in [4.69, 9.17) is 13.9 Å². The summed E-state index contributed by atoms with van der Waals surface area (Å²) >= 11 is 0. The molecule has 5 heteroatoms. The normalized spacial score (nSPS) is 11.5. The highest BCUT2D eigenvalue weighted by molar-refractivity contribution is 6.07. The van der Waals surface area contributed by atoms with Crippen molar-refractivity contribution in [3.63, 3.8) is 0 Å². The SMILES string of the molecule is CCCCCCCCOc1cc2c(cc1O)oc1cc(O)c(OCCCCCCCC)cc12. The number of rotatable bonds is 16. The van der Waals surface area contributed by atoms with Crippen LogP contribution in [0.15, 0.2) is 28.7 Å². The van der Waals surface area contributed by atoms with Crippen LogP contribution in [0.1, 0.15) is 90.9 Å². The molecule has 0 bridgehead atoms. The van der Waals surface area contributed by atoms with Crippen molar-refractivity contribution in [2.75, 3.05) is 13.2 Å². The average molecular weight is 457 g/mol. The monoisotopic (exact) mass is 456 g/mol. The Hall–Kier alpha value is -2.56. The molecule has 2 N–H and O–H groups in total. The van der Waals surface area contributed by atoms with Gasteiger partial charge in [-0.05, 0) is 25.0 Å². The van der Waals surface area contributed by atoms with Crippen molar-refractivity contribution in [2.24, 2.45) is 0 Å². The van der Waals surface area contributed by atoms with Crippen molar-refractivity contribution in [3.8, 4) is 23.0 Å². The summed E-state index contributed by atoms with van der Waals surface area (Å²) in [6.07, 6.45) is 14.2. The van der Waals surface area contributed by atoms with Crippen LogP contribution in [-0.4, -0.2) is 23.4 Å². The zero-order valence-corrected chi connectivity index (χ0v) is 20.3. The third kappa shape index (κ3) is 7.21. The summed E-state index contributed by atoms with van der Waals surface area (Å²) in [6, 6.07) is 6.81. The van der Waals surface area contributed by atoms with E-state index in [0.29, 0.717) is 35.9 Å². The average Bonchev–Trinajstić information content (AvgIpc) is 3.13. The van der Waals surface area contributed by atoms with E-state index in [0.717, 1.165) is 36.5 Å². The fourth-order valence-corrected chi connectivity index (χ4v) is 4.17. The summed E-state index contributed by atoms with van der Waals surface area (Å²) in [5.74, 6) is 1.05. The van der Waals surface area contributed by atoms with Crippen molar-refractivity contribution >= 4 is 21.9 Å². The van der Waals surface area contributed by atoms with Crippen LogP contribution >= 0.6 is 0 Å². The fraction of sp³-hybridized carbons (Fsp3) is 0.571. The molecule has 2 aromatic carbocycles. The van der Waals surface area contributed by atoms with Gasteiger partial charge in [-0.15, -0.1) is 0 Å². The maximum absolute atomic E-state index is 10.4. The van der Waals surface area contributed by atoms with Gasteiger partial charge in [-0.3, -0.25) is 0 Å². The third-order valence-corrected chi connectivity index (χ3v) is 6.14.